The molecule has 2 aromatic carbocycles. The van der Waals surface area contributed by atoms with Crippen LogP contribution in [0.1, 0.15) is 18.4 Å². The van der Waals surface area contributed by atoms with Crippen LogP contribution in [0, 0.1) is 5.92 Å². The maximum absolute atomic E-state index is 12.7. The molecule has 0 spiro atoms. The van der Waals surface area contributed by atoms with E-state index < -0.39 is 10.0 Å². The highest BCUT2D eigenvalue weighted by molar-refractivity contribution is 7.88. The lowest BCUT2D eigenvalue weighted by molar-refractivity contribution is -0.126. The number of halogens is 1. The average Bonchev–Trinajstić information content (AvgIpc) is 2.76. The molecule has 0 radical (unpaired) electrons. The van der Waals surface area contributed by atoms with Gasteiger partial charge >= 0.3 is 0 Å². The number of carbonyl (C=O) groups excluding carboxylic acids is 1. The monoisotopic (exact) mass is 466 g/mol. The second-order valence-corrected chi connectivity index (χ2v) is 9.78. The summed E-state index contributed by atoms with van der Waals surface area (Å²) in [6.45, 7) is 1.39. The first kappa shape index (κ1) is 23.4. The predicted octanol–water partition coefficient (Wildman–Crippen LogP) is 3.09. The van der Waals surface area contributed by atoms with Crippen LogP contribution in [0.25, 0.3) is 0 Å². The molecule has 7 nitrogen and oxygen atoms in total. The molecule has 1 aliphatic rings. The summed E-state index contributed by atoms with van der Waals surface area (Å²) >= 11 is 5.95. The lowest BCUT2D eigenvalue weighted by Gasteiger charge is -2.30. The number of methoxy groups -OCH3 is 1. The smallest absolute Gasteiger partial charge is 0.223 e. The van der Waals surface area contributed by atoms with Gasteiger partial charge in [0.15, 0.2) is 0 Å². The Morgan fingerprint density at radius 3 is 2.55 bits per heavy atom. The number of ether oxygens (including phenoxy) is 2. The van der Waals surface area contributed by atoms with Crippen molar-refractivity contribution in [3.05, 3.63) is 59.1 Å². The first-order valence-electron chi connectivity index (χ1n) is 10.1. The minimum absolute atomic E-state index is 0.0684. The molecule has 0 atom stereocenters. The van der Waals surface area contributed by atoms with Crippen LogP contribution in [0.3, 0.4) is 0 Å². The third kappa shape index (κ3) is 6.85. The fourth-order valence-electron chi connectivity index (χ4n) is 3.50. The molecule has 0 aromatic heterocycles. The van der Waals surface area contributed by atoms with E-state index in [-0.39, 0.29) is 17.6 Å². The van der Waals surface area contributed by atoms with E-state index in [1.165, 1.54) is 4.31 Å². The zero-order valence-corrected chi connectivity index (χ0v) is 19.0. The van der Waals surface area contributed by atoms with E-state index in [0.717, 1.165) is 0 Å². The molecule has 1 amide bonds. The molecule has 1 saturated heterocycles. The SMILES string of the molecule is COc1cccc(OCCNC(=O)C2CCN(S(=O)(=O)Cc3cccc(Cl)c3)CC2)c1. The van der Waals surface area contributed by atoms with Gasteiger partial charge < -0.3 is 14.8 Å². The van der Waals surface area contributed by atoms with Crippen LogP contribution in [0.2, 0.25) is 5.02 Å². The Morgan fingerprint density at radius 1 is 1.13 bits per heavy atom. The number of amides is 1. The topological polar surface area (TPSA) is 84.9 Å². The van der Waals surface area contributed by atoms with Gasteiger partial charge in [-0.05, 0) is 42.7 Å². The van der Waals surface area contributed by atoms with Gasteiger partial charge in [0, 0.05) is 30.1 Å². The quantitative estimate of drug-likeness (QED) is 0.574. The van der Waals surface area contributed by atoms with Gasteiger partial charge in [0.2, 0.25) is 15.9 Å². The van der Waals surface area contributed by atoms with Gasteiger partial charge in [-0.25, -0.2) is 12.7 Å². The maximum atomic E-state index is 12.7. The predicted molar refractivity (Wildman–Crippen MR) is 120 cm³/mol. The van der Waals surface area contributed by atoms with Gasteiger partial charge in [0.05, 0.1) is 19.4 Å². The molecule has 1 fully saturated rings. The van der Waals surface area contributed by atoms with Crippen molar-refractivity contribution in [2.45, 2.75) is 18.6 Å². The number of nitrogens with zero attached hydrogens (tertiary/aromatic N) is 1. The van der Waals surface area contributed by atoms with Gasteiger partial charge in [0.1, 0.15) is 18.1 Å². The molecule has 9 heteroatoms. The zero-order valence-electron chi connectivity index (χ0n) is 17.4. The molecule has 0 saturated carbocycles. The van der Waals surface area contributed by atoms with E-state index in [2.05, 4.69) is 5.32 Å². The second-order valence-electron chi connectivity index (χ2n) is 7.38. The Balaban J connectivity index is 1.40. The maximum Gasteiger partial charge on any atom is 0.223 e. The van der Waals surface area contributed by atoms with Crippen LogP contribution in [0.15, 0.2) is 48.5 Å². The van der Waals surface area contributed by atoms with Crippen molar-refractivity contribution in [1.29, 1.82) is 0 Å². The van der Waals surface area contributed by atoms with E-state index in [9.17, 15) is 13.2 Å². The Hall–Kier alpha value is -2.29. The highest BCUT2D eigenvalue weighted by Crippen LogP contribution is 2.23. The van der Waals surface area contributed by atoms with Crippen LogP contribution in [0.5, 0.6) is 11.5 Å². The summed E-state index contributed by atoms with van der Waals surface area (Å²) in [6, 6.07) is 14.1. The standard InChI is InChI=1S/C22H27ClN2O5S/c1-29-20-6-3-7-21(15-20)30-13-10-24-22(26)18-8-11-25(12-9-18)31(27,28)16-17-4-2-5-19(23)14-17/h2-7,14-15,18H,8-13,16H2,1H3,(H,24,26). The molecule has 168 valence electrons. The number of piperidine rings is 1. The van der Waals surface area contributed by atoms with Crippen LogP contribution in [-0.2, 0) is 20.6 Å². The fraction of sp³-hybridized carbons (Fsp3) is 0.409. The lowest BCUT2D eigenvalue weighted by atomic mass is 9.97. The summed E-state index contributed by atoms with van der Waals surface area (Å²) < 4.78 is 37.6. The Kier molecular flexibility index (Phi) is 8.17. The molecule has 0 bridgehead atoms. The van der Waals surface area contributed by atoms with Gasteiger partial charge in [-0.2, -0.15) is 0 Å². The Bertz CT molecular complexity index is 991. The number of sulfonamides is 1. The molecule has 31 heavy (non-hydrogen) atoms. The third-order valence-corrected chi connectivity index (χ3v) is 7.25. The summed E-state index contributed by atoms with van der Waals surface area (Å²) in [6.07, 6.45) is 0.995. The van der Waals surface area contributed by atoms with E-state index >= 15 is 0 Å². The molecule has 3 rings (SSSR count). The van der Waals surface area contributed by atoms with Gasteiger partial charge in [-0.15, -0.1) is 0 Å². The molecular formula is C22H27ClN2O5S. The van der Waals surface area contributed by atoms with Crippen LogP contribution < -0.4 is 14.8 Å². The van der Waals surface area contributed by atoms with E-state index in [4.69, 9.17) is 21.1 Å². The van der Waals surface area contributed by atoms with Crippen molar-refractivity contribution in [2.24, 2.45) is 5.92 Å². The van der Waals surface area contributed by atoms with E-state index in [0.29, 0.717) is 61.2 Å². The van der Waals surface area contributed by atoms with Crippen molar-refractivity contribution in [3.63, 3.8) is 0 Å². The highest BCUT2D eigenvalue weighted by atomic mass is 35.5. The van der Waals surface area contributed by atoms with E-state index in [1.807, 2.05) is 18.2 Å². The Morgan fingerprint density at radius 2 is 1.84 bits per heavy atom. The fourth-order valence-corrected chi connectivity index (χ4v) is 5.27. The van der Waals surface area contributed by atoms with E-state index in [1.54, 1.807) is 37.4 Å². The molecular weight excluding hydrogens is 440 g/mol. The second kappa shape index (κ2) is 10.8. The minimum Gasteiger partial charge on any atom is -0.497 e. The largest absolute Gasteiger partial charge is 0.497 e. The van der Waals surface area contributed by atoms with Crippen molar-refractivity contribution in [3.8, 4) is 11.5 Å². The number of hydrogen-bond acceptors (Lipinski definition) is 5. The van der Waals surface area contributed by atoms with Crippen molar-refractivity contribution >= 4 is 27.5 Å². The van der Waals surface area contributed by atoms with Crippen molar-refractivity contribution in [2.75, 3.05) is 33.4 Å². The number of carbonyl (C=O) groups is 1. The van der Waals surface area contributed by atoms with Crippen LogP contribution in [-0.4, -0.2) is 52.0 Å². The summed E-state index contributed by atoms with van der Waals surface area (Å²) in [5.74, 6) is 1.02. The first-order valence-corrected chi connectivity index (χ1v) is 12.1. The number of rotatable bonds is 9. The molecule has 1 N–H and O–H groups in total. The lowest BCUT2D eigenvalue weighted by Crippen LogP contribution is -2.43. The van der Waals surface area contributed by atoms with Gasteiger partial charge in [0.25, 0.3) is 0 Å². The van der Waals surface area contributed by atoms with Crippen molar-refractivity contribution < 1.29 is 22.7 Å². The summed E-state index contributed by atoms with van der Waals surface area (Å²) in [5.41, 5.74) is 0.656. The number of nitrogens with one attached hydrogen (secondary N) is 1. The summed E-state index contributed by atoms with van der Waals surface area (Å²) in [7, 11) is -1.86. The van der Waals surface area contributed by atoms with Crippen molar-refractivity contribution in [1.82, 2.24) is 9.62 Å². The molecule has 1 heterocycles. The van der Waals surface area contributed by atoms with Gasteiger partial charge in [-0.3, -0.25) is 4.79 Å². The number of benzene rings is 2. The summed E-state index contributed by atoms with van der Waals surface area (Å²) in [4.78, 5) is 12.4. The molecule has 2 aromatic rings. The molecule has 0 unspecified atom stereocenters. The average molecular weight is 467 g/mol. The highest BCUT2D eigenvalue weighted by Gasteiger charge is 2.31. The minimum atomic E-state index is -3.45. The zero-order chi connectivity index (χ0) is 22.3. The Labute approximate surface area is 188 Å². The van der Waals surface area contributed by atoms with Gasteiger partial charge in [-0.1, -0.05) is 29.8 Å². The number of hydrogen-bond donors (Lipinski definition) is 1. The third-order valence-electron chi connectivity index (χ3n) is 5.17. The molecule has 1 aliphatic heterocycles. The first-order chi connectivity index (χ1) is 14.9. The normalized spacial score (nSPS) is 15.4. The summed E-state index contributed by atoms with van der Waals surface area (Å²) in [5, 5.41) is 3.39. The van der Waals surface area contributed by atoms with Crippen LogP contribution in [0.4, 0.5) is 0 Å². The van der Waals surface area contributed by atoms with Crippen LogP contribution >= 0.6 is 11.6 Å². The molecule has 0 aliphatic carbocycles.